The fourth-order valence-corrected chi connectivity index (χ4v) is 5.16. The second-order valence-electron chi connectivity index (χ2n) is 8.32. The van der Waals surface area contributed by atoms with Gasteiger partial charge in [-0.3, -0.25) is 5.43 Å². The van der Waals surface area contributed by atoms with Crippen molar-refractivity contribution in [2.45, 2.75) is 26.1 Å². The smallest absolute Gasteiger partial charge is 0.337 e. The van der Waals surface area contributed by atoms with Crippen molar-refractivity contribution in [3.8, 4) is 17.2 Å². The summed E-state index contributed by atoms with van der Waals surface area (Å²) in [4.78, 5) is 24.5. The first-order valence-corrected chi connectivity index (χ1v) is 13.7. The van der Waals surface area contributed by atoms with Gasteiger partial charge in [-0.05, 0) is 59.6 Å². The van der Waals surface area contributed by atoms with E-state index in [1.54, 1.807) is 31.2 Å². The number of amides is 2. The van der Waals surface area contributed by atoms with Gasteiger partial charge < -0.3 is 34.7 Å². The van der Waals surface area contributed by atoms with E-state index in [-0.39, 0.29) is 12.2 Å². The summed E-state index contributed by atoms with van der Waals surface area (Å²) in [7, 11) is 1.27. The molecule has 0 unspecified atom stereocenters. The van der Waals surface area contributed by atoms with Gasteiger partial charge in [-0.1, -0.05) is 34.7 Å². The highest BCUT2D eigenvalue weighted by Gasteiger charge is 2.32. The zero-order valence-electron chi connectivity index (χ0n) is 22.1. The van der Waals surface area contributed by atoms with Crippen LogP contribution in [0.1, 0.15) is 31.0 Å². The van der Waals surface area contributed by atoms with Crippen molar-refractivity contribution < 1.29 is 33.6 Å². The predicted octanol–water partition coefficient (Wildman–Crippen LogP) is 4.30. The third-order valence-corrected chi connectivity index (χ3v) is 6.53. The average molecular weight is 682 g/mol. The normalized spacial score (nSPS) is 15.7. The number of hydrazone groups is 1. The summed E-state index contributed by atoms with van der Waals surface area (Å²) in [5, 5.41) is 19.8. The molecule has 4 N–H and O–H groups in total. The predicted molar refractivity (Wildman–Crippen MR) is 157 cm³/mol. The maximum atomic E-state index is 12.4. The molecule has 0 saturated heterocycles. The molecule has 1 aliphatic rings. The van der Waals surface area contributed by atoms with E-state index in [0.29, 0.717) is 47.3 Å². The molecule has 13 heteroatoms. The first-order valence-electron chi connectivity index (χ1n) is 12.1. The molecule has 40 heavy (non-hydrogen) atoms. The second kappa shape index (κ2) is 14.7. The van der Waals surface area contributed by atoms with E-state index in [1.165, 1.54) is 13.3 Å². The molecule has 0 aliphatic carbocycles. The molecule has 0 bridgehead atoms. The molecule has 2 atom stereocenters. The van der Waals surface area contributed by atoms with E-state index in [2.05, 4.69) is 59.6 Å². The molecule has 1 aliphatic heterocycles. The van der Waals surface area contributed by atoms with Crippen molar-refractivity contribution >= 4 is 50.1 Å². The van der Waals surface area contributed by atoms with Crippen LogP contribution in [-0.4, -0.2) is 56.5 Å². The fourth-order valence-electron chi connectivity index (χ4n) is 3.79. The van der Waals surface area contributed by atoms with Gasteiger partial charge in [-0.25, -0.2) is 9.59 Å². The van der Waals surface area contributed by atoms with Crippen LogP contribution in [0.15, 0.2) is 68.3 Å². The number of carbonyl (C=O) groups excluding carboxylic acids is 2. The monoisotopic (exact) mass is 680 g/mol. The second-order valence-corrected chi connectivity index (χ2v) is 10.1. The van der Waals surface area contributed by atoms with Gasteiger partial charge in [0, 0.05) is 15.7 Å². The van der Waals surface area contributed by atoms with Crippen LogP contribution in [0, 0.1) is 0 Å². The highest BCUT2D eigenvalue weighted by Crippen LogP contribution is 2.35. The molecule has 2 aromatic rings. The molecule has 11 nitrogen and oxygen atoms in total. The number of hydrogen-bond donors (Lipinski definition) is 4. The first-order chi connectivity index (χ1) is 19.2. The summed E-state index contributed by atoms with van der Waals surface area (Å²) >= 11 is 6.91. The average Bonchev–Trinajstić information content (AvgIpc) is 2.91. The number of urea groups is 1. The van der Waals surface area contributed by atoms with Crippen molar-refractivity contribution in [2.24, 2.45) is 5.10 Å². The van der Waals surface area contributed by atoms with E-state index in [0.717, 1.165) is 8.95 Å². The van der Waals surface area contributed by atoms with Gasteiger partial charge in [0.2, 0.25) is 0 Å². The Bertz CT molecular complexity index is 1320. The van der Waals surface area contributed by atoms with Gasteiger partial charge in [0.1, 0.15) is 19.0 Å². The van der Waals surface area contributed by atoms with Crippen LogP contribution >= 0.6 is 31.9 Å². The topological polar surface area (TPSA) is 140 Å². The quantitative estimate of drug-likeness (QED) is 0.0807. The minimum Gasteiger partial charge on any atom is -0.490 e. The molecule has 0 radical (unpaired) electrons. The number of aliphatic hydroxyl groups is 1. The Labute approximate surface area is 248 Å². The van der Waals surface area contributed by atoms with Crippen molar-refractivity contribution in [1.29, 1.82) is 0 Å². The number of hydrogen-bond acceptors (Lipinski definition) is 9. The van der Waals surface area contributed by atoms with Gasteiger partial charge in [-0.2, -0.15) is 5.10 Å². The molecule has 214 valence electrons. The fraction of sp³-hybridized carbons (Fsp3) is 0.296. The molecular formula is C27H30Br2N4O7. The molecule has 2 aromatic carbocycles. The summed E-state index contributed by atoms with van der Waals surface area (Å²) in [5.41, 5.74) is 4.53. The zero-order chi connectivity index (χ0) is 29.2. The lowest BCUT2D eigenvalue weighted by Gasteiger charge is -2.28. The minimum atomic E-state index is -1.15. The van der Waals surface area contributed by atoms with Gasteiger partial charge in [0.25, 0.3) is 0 Å². The number of rotatable bonds is 13. The third-order valence-electron chi connectivity index (χ3n) is 5.48. The molecule has 0 spiro atoms. The van der Waals surface area contributed by atoms with Gasteiger partial charge in [0.15, 0.2) is 17.7 Å². The molecule has 0 saturated carbocycles. The highest BCUT2D eigenvalue weighted by molar-refractivity contribution is 9.11. The van der Waals surface area contributed by atoms with Crippen LogP contribution < -0.4 is 30.3 Å². The number of aliphatic hydroxyl groups excluding tert-OH is 1. The Hall–Kier alpha value is -3.55. The molecular weight excluding hydrogens is 652 g/mol. The number of carbonyl (C=O) groups is 2. The van der Waals surface area contributed by atoms with E-state index in [4.69, 9.17) is 18.9 Å². The number of halogens is 2. The Morgan fingerprint density at radius 1 is 1.23 bits per heavy atom. The van der Waals surface area contributed by atoms with E-state index in [9.17, 15) is 14.7 Å². The number of benzene rings is 2. The van der Waals surface area contributed by atoms with Crippen LogP contribution in [-0.2, 0) is 9.53 Å². The number of esters is 1. The lowest BCUT2D eigenvalue weighted by atomic mass is 9.95. The van der Waals surface area contributed by atoms with Gasteiger partial charge in [-0.15, -0.1) is 0 Å². The maximum absolute atomic E-state index is 12.4. The van der Waals surface area contributed by atoms with Gasteiger partial charge >= 0.3 is 12.0 Å². The number of nitrogens with zero attached hydrogens (tertiary/aromatic N) is 1. The van der Waals surface area contributed by atoms with Crippen molar-refractivity contribution in [2.75, 3.05) is 26.9 Å². The Kier molecular flexibility index (Phi) is 11.4. The summed E-state index contributed by atoms with van der Waals surface area (Å²) in [6, 6.07) is 7.46. The summed E-state index contributed by atoms with van der Waals surface area (Å²) in [6.07, 6.45) is 1.99. The lowest BCUT2D eigenvalue weighted by Crippen LogP contribution is -2.45. The SMILES string of the molecule is C=CCOc1c(Br)cc(Br)cc1/C=N/N[C@@H](O)COc1ccc([C@H]2NC(=O)NC(C)=C2C(=O)OC)cc1OCC. The number of ether oxygens (including phenoxy) is 4. The Balaban J connectivity index is 1.72. The summed E-state index contributed by atoms with van der Waals surface area (Å²) < 4.78 is 23.7. The lowest BCUT2D eigenvalue weighted by molar-refractivity contribution is -0.136. The summed E-state index contributed by atoms with van der Waals surface area (Å²) in [6.45, 7) is 7.59. The van der Waals surface area contributed by atoms with E-state index in [1.807, 2.05) is 19.1 Å². The van der Waals surface area contributed by atoms with Gasteiger partial charge in [0.05, 0.1) is 36.0 Å². The van der Waals surface area contributed by atoms with Crippen LogP contribution in [0.5, 0.6) is 17.2 Å². The minimum absolute atomic E-state index is 0.157. The number of allylic oxidation sites excluding steroid dienone is 1. The van der Waals surface area contributed by atoms with Crippen molar-refractivity contribution in [1.82, 2.24) is 16.1 Å². The third kappa shape index (κ3) is 7.99. The maximum Gasteiger partial charge on any atom is 0.337 e. The Morgan fingerprint density at radius 3 is 2.70 bits per heavy atom. The van der Waals surface area contributed by atoms with E-state index >= 15 is 0 Å². The summed E-state index contributed by atoms with van der Waals surface area (Å²) in [5.74, 6) is 0.726. The molecule has 3 rings (SSSR count). The molecule has 0 fully saturated rings. The number of methoxy groups -OCH3 is 1. The number of nitrogens with one attached hydrogen (secondary N) is 3. The van der Waals surface area contributed by atoms with Crippen LogP contribution in [0.25, 0.3) is 0 Å². The highest BCUT2D eigenvalue weighted by atomic mass is 79.9. The largest absolute Gasteiger partial charge is 0.490 e. The zero-order valence-corrected chi connectivity index (χ0v) is 25.3. The van der Waals surface area contributed by atoms with E-state index < -0.39 is 24.3 Å². The molecule has 0 aromatic heterocycles. The van der Waals surface area contributed by atoms with Crippen LogP contribution in [0.4, 0.5) is 4.79 Å². The Morgan fingerprint density at radius 2 is 2.00 bits per heavy atom. The van der Waals surface area contributed by atoms with Crippen LogP contribution in [0.3, 0.4) is 0 Å². The van der Waals surface area contributed by atoms with Crippen LogP contribution in [0.2, 0.25) is 0 Å². The van der Waals surface area contributed by atoms with Crippen molar-refractivity contribution in [3.05, 3.63) is 74.3 Å². The molecule has 2 amide bonds. The van der Waals surface area contributed by atoms with Crippen molar-refractivity contribution in [3.63, 3.8) is 0 Å². The molecule has 1 heterocycles. The standard InChI is InChI=1S/C27H30Br2N4O7/c1-5-9-39-25-17(10-18(28)12-19(25)29)13-30-33-22(34)14-40-20-8-7-16(11-21(20)38-6-2)24-23(26(35)37-4)15(3)31-27(36)32-24/h5,7-8,10-13,22,24,33-34H,1,6,9,14H2,2-4H3,(H2,31,32,36)/b30-13+/t22-,24+/m0/s1. The first kappa shape index (κ1) is 31.0.